The van der Waals surface area contributed by atoms with E-state index in [1.807, 2.05) is 24.3 Å². The first-order chi connectivity index (χ1) is 9.28. The van der Waals surface area contributed by atoms with E-state index in [0.29, 0.717) is 0 Å². The van der Waals surface area contributed by atoms with Crippen LogP contribution in [0.25, 0.3) is 0 Å². The normalized spacial score (nSPS) is 15.4. The Kier molecular flexibility index (Phi) is 6.02. The van der Waals surface area contributed by atoms with E-state index in [-0.39, 0.29) is 12.1 Å². The van der Waals surface area contributed by atoms with Gasteiger partial charge in [-0.2, -0.15) is 13.2 Å². The highest BCUT2D eigenvalue weighted by Gasteiger charge is 2.33. The minimum atomic E-state index is -4.17. The predicted octanol–water partition coefficient (Wildman–Crippen LogP) is 3.39. The topological polar surface area (TPSA) is 15.3 Å². The highest BCUT2D eigenvalue weighted by atomic mass is 19.4. The quantitative estimate of drug-likeness (QED) is 0.863. The summed E-state index contributed by atoms with van der Waals surface area (Å²) in [7, 11) is 3.28. The van der Waals surface area contributed by atoms with Gasteiger partial charge in [-0.25, -0.2) is 0 Å². The lowest BCUT2D eigenvalue weighted by Gasteiger charge is -2.32. The average Bonchev–Trinajstić information content (AvgIpc) is 2.38. The van der Waals surface area contributed by atoms with Gasteiger partial charge < -0.3 is 5.32 Å². The Balaban J connectivity index is 2.82. The van der Waals surface area contributed by atoms with E-state index in [1.54, 1.807) is 14.0 Å². The summed E-state index contributed by atoms with van der Waals surface area (Å²) in [6.45, 7) is 2.98. The molecule has 2 unspecified atom stereocenters. The van der Waals surface area contributed by atoms with Gasteiger partial charge in [0.2, 0.25) is 0 Å². The monoisotopic (exact) mass is 288 g/mol. The summed E-state index contributed by atoms with van der Waals surface area (Å²) in [6.07, 6.45) is -3.22. The zero-order valence-electron chi connectivity index (χ0n) is 12.5. The molecule has 2 atom stereocenters. The number of nitrogens with zero attached hydrogens (tertiary/aromatic N) is 1. The van der Waals surface area contributed by atoms with Gasteiger partial charge in [0.05, 0.1) is 6.54 Å². The van der Waals surface area contributed by atoms with Crippen LogP contribution < -0.4 is 5.32 Å². The lowest BCUT2D eigenvalue weighted by atomic mass is 9.98. The van der Waals surface area contributed by atoms with Gasteiger partial charge in [0.15, 0.2) is 0 Å². The summed E-state index contributed by atoms with van der Waals surface area (Å²) >= 11 is 0. The summed E-state index contributed by atoms with van der Waals surface area (Å²) in [5, 5.41) is 3.11. The lowest BCUT2D eigenvalue weighted by Crippen LogP contribution is -2.43. The van der Waals surface area contributed by atoms with Crippen molar-refractivity contribution in [1.29, 1.82) is 0 Å². The fourth-order valence-corrected chi connectivity index (χ4v) is 2.33. The molecule has 1 N–H and O–H groups in total. The molecule has 20 heavy (non-hydrogen) atoms. The Hall–Kier alpha value is -1.07. The number of hydrogen-bond acceptors (Lipinski definition) is 2. The molecule has 2 nitrogen and oxygen atoms in total. The van der Waals surface area contributed by atoms with Crippen LogP contribution in [0, 0.1) is 0 Å². The second-order valence-corrected chi connectivity index (χ2v) is 5.13. The molecule has 1 aromatic rings. The van der Waals surface area contributed by atoms with Gasteiger partial charge in [-0.15, -0.1) is 0 Å². The third kappa shape index (κ3) is 4.80. The summed E-state index contributed by atoms with van der Waals surface area (Å²) in [5.74, 6) is 0. The molecule has 0 heterocycles. The highest BCUT2D eigenvalue weighted by Crippen LogP contribution is 2.24. The van der Waals surface area contributed by atoms with Crippen molar-refractivity contribution in [3.63, 3.8) is 0 Å². The lowest BCUT2D eigenvalue weighted by molar-refractivity contribution is -0.147. The summed E-state index contributed by atoms with van der Waals surface area (Å²) < 4.78 is 37.4. The van der Waals surface area contributed by atoms with Crippen LogP contribution in [-0.4, -0.2) is 37.8 Å². The molecule has 0 aliphatic rings. The van der Waals surface area contributed by atoms with Crippen molar-refractivity contribution >= 4 is 0 Å². The number of likely N-dealkylation sites (N-methyl/N-ethyl adjacent to an activating group) is 2. The average molecular weight is 288 g/mol. The van der Waals surface area contributed by atoms with Gasteiger partial charge in [0, 0.05) is 12.1 Å². The number of halogens is 3. The zero-order chi connectivity index (χ0) is 15.3. The van der Waals surface area contributed by atoms with Crippen molar-refractivity contribution in [3.8, 4) is 0 Å². The molecule has 0 radical (unpaired) electrons. The number of benzene rings is 1. The SMILES string of the molecule is CCc1ccc(C(NC)C(C)N(C)CC(F)(F)F)cc1. The standard InChI is InChI=1S/C15H23F3N2/c1-5-12-6-8-13(9-7-12)14(19-3)11(2)20(4)10-15(16,17)18/h6-9,11,14,19H,5,10H2,1-4H3. The van der Waals surface area contributed by atoms with Crippen LogP contribution in [0.1, 0.15) is 31.0 Å². The molecule has 0 aliphatic heterocycles. The molecule has 5 heteroatoms. The molecular weight excluding hydrogens is 265 g/mol. The Labute approximate surface area is 119 Å². The van der Waals surface area contributed by atoms with Gasteiger partial charge in [0.1, 0.15) is 0 Å². The third-order valence-corrected chi connectivity index (χ3v) is 3.66. The molecule has 0 spiro atoms. The molecule has 0 amide bonds. The Morgan fingerprint density at radius 2 is 1.75 bits per heavy atom. The first-order valence-corrected chi connectivity index (χ1v) is 6.81. The number of nitrogens with one attached hydrogen (secondary N) is 1. The predicted molar refractivity (Wildman–Crippen MR) is 75.8 cm³/mol. The Bertz CT molecular complexity index is 401. The van der Waals surface area contributed by atoms with E-state index in [0.717, 1.165) is 12.0 Å². The van der Waals surface area contributed by atoms with Crippen molar-refractivity contribution < 1.29 is 13.2 Å². The molecule has 0 bridgehead atoms. The van der Waals surface area contributed by atoms with Crippen molar-refractivity contribution in [2.24, 2.45) is 0 Å². The molecule has 0 aliphatic carbocycles. The molecule has 1 rings (SSSR count). The maximum atomic E-state index is 12.5. The van der Waals surface area contributed by atoms with Crippen LogP contribution >= 0.6 is 0 Å². The van der Waals surface area contributed by atoms with E-state index >= 15 is 0 Å². The fourth-order valence-electron chi connectivity index (χ4n) is 2.33. The van der Waals surface area contributed by atoms with Crippen molar-refractivity contribution in [2.45, 2.75) is 38.5 Å². The van der Waals surface area contributed by atoms with E-state index in [2.05, 4.69) is 12.2 Å². The molecule has 0 saturated carbocycles. The smallest absolute Gasteiger partial charge is 0.312 e. The molecular formula is C15H23F3N2. The minimum absolute atomic E-state index is 0.131. The highest BCUT2D eigenvalue weighted by molar-refractivity contribution is 5.26. The number of alkyl halides is 3. The number of rotatable bonds is 6. The van der Waals surface area contributed by atoms with Gasteiger partial charge >= 0.3 is 6.18 Å². The van der Waals surface area contributed by atoms with Crippen LogP contribution in [0.3, 0.4) is 0 Å². The Morgan fingerprint density at radius 3 is 2.15 bits per heavy atom. The van der Waals surface area contributed by atoms with Crippen LogP contribution in [-0.2, 0) is 6.42 Å². The molecule has 0 aromatic heterocycles. The maximum Gasteiger partial charge on any atom is 0.401 e. The maximum absolute atomic E-state index is 12.5. The molecule has 114 valence electrons. The van der Waals surface area contributed by atoms with Crippen molar-refractivity contribution in [1.82, 2.24) is 10.2 Å². The molecule has 0 fully saturated rings. The van der Waals surface area contributed by atoms with Crippen LogP contribution in [0.2, 0.25) is 0 Å². The van der Waals surface area contributed by atoms with Gasteiger partial charge in [-0.1, -0.05) is 31.2 Å². The zero-order valence-corrected chi connectivity index (χ0v) is 12.5. The third-order valence-electron chi connectivity index (χ3n) is 3.66. The summed E-state index contributed by atoms with van der Waals surface area (Å²) in [5.41, 5.74) is 2.23. The van der Waals surface area contributed by atoms with Crippen LogP contribution in [0.4, 0.5) is 13.2 Å². The van der Waals surface area contributed by atoms with Gasteiger partial charge in [-0.3, -0.25) is 4.90 Å². The minimum Gasteiger partial charge on any atom is -0.312 e. The van der Waals surface area contributed by atoms with Gasteiger partial charge in [0.25, 0.3) is 0 Å². The number of hydrogen-bond donors (Lipinski definition) is 1. The summed E-state index contributed by atoms with van der Waals surface area (Å²) in [4.78, 5) is 1.33. The van der Waals surface area contributed by atoms with E-state index < -0.39 is 12.7 Å². The molecule has 1 aromatic carbocycles. The Morgan fingerprint density at radius 1 is 1.20 bits per heavy atom. The molecule has 0 saturated heterocycles. The second-order valence-electron chi connectivity index (χ2n) is 5.13. The van der Waals surface area contributed by atoms with E-state index in [9.17, 15) is 13.2 Å². The fraction of sp³-hybridized carbons (Fsp3) is 0.600. The van der Waals surface area contributed by atoms with Crippen molar-refractivity contribution in [2.75, 3.05) is 20.6 Å². The van der Waals surface area contributed by atoms with Crippen LogP contribution in [0.5, 0.6) is 0 Å². The first kappa shape index (κ1) is 17.0. The van der Waals surface area contributed by atoms with E-state index in [1.165, 1.54) is 17.5 Å². The van der Waals surface area contributed by atoms with Crippen molar-refractivity contribution in [3.05, 3.63) is 35.4 Å². The van der Waals surface area contributed by atoms with E-state index in [4.69, 9.17) is 0 Å². The first-order valence-electron chi connectivity index (χ1n) is 6.81. The second kappa shape index (κ2) is 7.09. The van der Waals surface area contributed by atoms with Gasteiger partial charge in [-0.05, 0) is 38.6 Å². The largest absolute Gasteiger partial charge is 0.401 e. The summed E-state index contributed by atoms with van der Waals surface area (Å²) in [6, 6.07) is 7.63. The number of aryl methyl sites for hydroxylation is 1. The van der Waals surface area contributed by atoms with Crippen LogP contribution in [0.15, 0.2) is 24.3 Å².